The van der Waals surface area contributed by atoms with Crippen molar-refractivity contribution < 1.29 is 0 Å². The molecule has 1 N–H and O–H groups in total. The highest BCUT2D eigenvalue weighted by molar-refractivity contribution is 7.99. The van der Waals surface area contributed by atoms with Crippen molar-refractivity contribution in [2.24, 2.45) is 0 Å². The molecule has 1 heterocycles. The molecule has 0 radical (unpaired) electrons. The van der Waals surface area contributed by atoms with Crippen LogP contribution >= 0.6 is 11.8 Å². The zero-order valence-corrected chi connectivity index (χ0v) is 12.8. The Morgan fingerprint density at radius 2 is 2.11 bits per heavy atom. The lowest BCUT2D eigenvalue weighted by Crippen LogP contribution is -2.25. The molecule has 102 valence electrons. The van der Waals surface area contributed by atoms with Crippen LogP contribution in [-0.2, 0) is 0 Å². The van der Waals surface area contributed by atoms with Gasteiger partial charge in [-0.2, -0.15) is 0 Å². The fraction of sp³-hybridized carbons (Fsp3) is 0.643. The van der Waals surface area contributed by atoms with E-state index < -0.39 is 0 Å². The lowest BCUT2D eigenvalue weighted by molar-refractivity contribution is 0.324. The van der Waals surface area contributed by atoms with E-state index in [1.807, 2.05) is 25.0 Å². The maximum Gasteiger partial charge on any atom is 0.0963 e. The Morgan fingerprint density at radius 1 is 1.39 bits per heavy atom. The molecule has 1 unspecified atom stereocenters. The average molecular weight is 267 g/mol. The van der Waals surface area contributed by atoms with Crippen molar-refractivity contribution in [3.05, 3.63) is 23.9 Å². The van der Waals surface area contributed by atoms with Gasteiger partial charge in [-0.05, 0) is 44.8 Å². The summed E-state index contributed by atoms with van der Waals surface area (Å²) in [7, 11) is 1.98. The molecule has 0 saturated heterocycles. The second kappa shape index (κ2) is 8.51. The first kappa shape index (κ1) is 15.5. The third-order valence-electron chi connectivity index (χ3n) is 3.24. The molecule has 1 atom stereocenters. The second-order valence-electron chi connectivity index (χ2n) is 4.31. The van der Waals surface area contributed by atoms with E-state index in [0.717, 1.165) is 30.4 Å². The summed E-state index contributed by atoms with van der Waals surface area (Å²) in [4.78, 5) is 6.86. The predicted octanol–water partition coefficient (Wildman–Crippen LogP) is 2.80. The van der Waals surface area contributed by atoms with Crippen molar-refractivity contribution in [1.29, 1.82) is 0 Å². The van der Waals surface area contributed by atoms with Crippen LogP contribution < -0.4 is 5.32 Å². The molecule has 18 heavy (non-hydrogen) atoms. The van der Waals surface area contributed by atoms with Crippen LogP contribution in [0.15, 0.2) is 23.4 Å². The molecule has 3 nitrogen and oxygen atoms in total. The number of hydrogen-bond acceptors (Lipinski definition) is 4. The number of pyridine rings is 1. The van der Waals surface area contributed by atoms with Gasteiger partial charge in [-0.1, -0.05) is 13.8 Å². The van der Waals surface area contributed by atoms with Gasteiger partial charge in [0.2, 0.25) is 0 Å². The molecular formula is C14H25N3S. The van der Waals surface area contributed by atoms with Gasteiger partial charge in [0.1, 0.15) is 0 Å². The quantitative estimate of drug-likeness (QED) is 0.733. The minimum Gasteiger partial charge on any atom is -0.313 e. The molecule has 0 bridgehead atoms. The Bertz CT molecular complexity index is 340. The Balaban J connectivity index is 2.47. The normalized spacial score (nSPS) is 12.9. The summed E-state index contributed by atoms with van der Waals surface area (Å²) in [5.74, 6) is 1.10. The van der Waals surface area contributed by atoms with Crippen LogP contribution in [0.2, 0.25) is 0 Å². The molecule has 1 aromatic heterocycles. The highest BCUT2D eigenvalue weighted by atomic mass is 32.2. The van der Waals surface area contributed by atoms with E-state index in [1.54, 1.807) is 0 Å². The van der Waals surface area contributed by atoms with Gasteiger partial charge >= 0.3 is 0 Å². The van der Waals surface area contributed by atoms with E-state index in [-0.39, 0.29) is 0 Å². The number of nitrogens with zero attached hydrogens (tertiary/aromatic N) is 2. The first-order valence-corrected chi connectivity index (χ1v) is 7.68. The SMILES string of the molecule is CCN(CC)CCSc1cc(C(C)NC)ccn1. The Morgan fingerprint density at radius 3 is 2.72 bits per heavy atom. The molecule has 0 fully saturated rings. The van der Waals surface area contributed by atoms with E-state index >= 15 is 0 Å². The number of thioether (sulfide) groups is 1. The molecule has 1 rings (SSSR count). The molecule has 0 aliphatic heterocycles. The van der Waals surface area contributed by atoms with Gasteiger partial charge in [0.05, 0.1) is 5.03 Å². The number of aromatic nitrogens is 1. The summed E-state index contributed by atoms with van der Waals surface area (Å²) in [5.41, 5.74) is 1.30. The standard InChI is InChI=1S/C14H25N3S/c1-5-17(6-2)9-10-18-14-11-13(7-8-16-14)12(3)15-4/h7-8,11-12,15H,5-6,9-10H2,1-4H3. The van der Waals surface area contributed by atoms with Crippen molar-refractivity contribution >= 4 is 11.8 Å². The maximum atomic E-state index is 4.42. The molecule has 0 spiro atoms. The van der Waals surface area contributed by atoms with Crippen molar-refractivity contribution in [2.45, 2.75) is 31.8 Å². The summed E-state index contributed by atoms with van der Waals surface area (Å²) in [6.45, 7) is 9.97. The summed E-state index contributed by atoms with van der Waals surface area (Å²) in [6, 6.07) is 4.65. The third-order valence-corrected chi connectivity index (χ3v) is 4.15. The van der Waals surface area contributed by atoms with E-state index in [9.17, 15) is 0 Å². The highest BCUT2D eigenvalue weighted by Gasteiger charge is 2.05. The monoisotopic (exact) mass is 267 g/mol. The predicted molar refractivity (Wildman–Crippen MR) is 80.2 cm³/mol. The zero-order valence-electron chi connectivity index (χ0n) is 11.9. The molecule has 0 saturated carbocycles. The molecule has 0 aliphatic rings. The number of nitrogens with one attached hydrogen (secondary N) is 1. The Labute approximate surface area is 115 Å². The minimum absolute atomic E-state index is 0.384. The third kappa shape index (κ3) is 4.96. The van der Waals surface area contributed by atoms with Crippen molar-refractivity contribution in [1.82, 2.24) is 15.2 Å². The van der Waals surface area contributed by atoms with Crippen molar-refractivity contribution in [2.75, 3.05) is 32.4 Å². The largest absolute Gasteiger partial charge is 0.313 e. The van der Waals surface area contributed by atoms with E-state index in [1.165, 1.54) is 5.56 Å². The van der Waals surface area contributed by atoms with E-state index in [0.29, 0.717) is 6.04 Å². The molecule has 0 amide bonds. The van der Waals surface area contributed by atoms with Gasteiger partial charge in [-0.25, -0.2) is 4.98 Å². The van der Waals surface area contributed by atoms with Gasteiger partial charge in [0.25, 0.3) is 0 Å². The number of hydrogen-bond donors (Lipinski definition) is 1. The summed E-state index contributed by atoms with van der Waals surface area (Å²) in [6.07, 6.45) is 1.91. The zero-order chi connectivity index (χ0) is 13.4. The summed E-state index contributed by atoms with van der Waals surface area (Å²) in [5, 5.41) is 4.38. The van der Waals surface area contributed by atoms with Gasteiger partial charge in [0, 0.05) is 24.5 Å². The molecule has 4 heteroatoms. The van der Waals surface area contributed by atoms with E-state index in [2.05, 4.69) is 48.1 Å². The van der Waals surface area contributed by atoms with Gasteiger partial charge < -0.3 is 10.2 Å². The maximum absolute atomic E-state index is 4.42. The van der Waals surface area contributed by atoms with E-state index in [4.69, 9.17) is 0 Å². The lowest BCUT2D eigenvalue weighted by atomic mass is 10.1. The van der Waals surface area contributed by atoms with Crippen LogP contribution in [0.3, 0.4) is 0 Å². The Kier molecular flexibility index (Phi) is 7.32. The van der Waals surface area contributed by atoms with Crippen LogP contribution in [-0.4, -0.2) is 42.3 Å². The highest BCUT2D eigenvalue weighted by Crippen LogP contribution is 2.19. The van der Waals surface area contributed by atoms with Crippen molar-refractivity contribution in [3.8, 4) is 0 Å². The van der Waals surface area contributed by atoms with Crippen molar-refractivity contribution in [3.63, 3.8) is 0 Å². The molecule has 0 aliphatic carbocycles. The first-order chi connectivity index (χ1) is 8.71. The lowest BCUT2D eigenvalue weighted by Gasteiger charge is -2.17. The average Bonchev–Trinajstić information content (AvgIpc) is 2.43. The fourth-order valence-electron chi connectivity index (χ4n) is 1.76. The number of rotatable bonds is 8. The molecule has 0 aromatic carbocycles. The molecular weight excluding hydrogens is 242 g/mol. The van der Waals surface area contributed by atoms with Crippen LogP contribution in [0, 0.1) is 0 Å². The van der Waals surface area contributed by atoms with Gasteiger partial charge in [-0.3, -0.25) is 0 Å². The topological polar surface area (TPSA) is 28.2 Å². The van der Waals surface area contributed by atoms with Crippen LogP contribution in [0.1, 0.15) is 32.4 Å². The second-order valence-corrected chi connectivity index (χ2v) is 5.43. The smallest absolute Gasteiger partial charge is 0.0963 e. The van der Waals surface area contributed by atoms with Crippen LogP contribution in [0.5, 0.6) is 0 Å². The summed E-state index contributed by atoms with van der Waals surface area (Å²) < 4.78 is 0. The van der Waals surface area contributed by atoms with Crippen LogP contribution in [0.4, 0.5) is 0 Å². The van der Waals surface area contributed by atoms with Gasteiger partial charge in [0.15, 0.2) is 0 Å². The molecule has 1 aromatic rings. The first-order valence-electron chi connectivity index (χ1n) is 6.69. The van der Waals surface area contributed by atoms with Crippen LogP contribution in [0.25, 0.3) is 0 Å². The fourth-order valence-corrected chi connectivity index (χ4v) is 2.67. The Hall–Kier alpha value is -0.580. The minimum atomic E-state index is 0.384. The summed E-state index contributed by atoms with van der Waals surface area (Å²) >= 11 is 1.84. The van der Waals surface area contributed by atoms with Gasteiger partial charge in [-0.15, -0.1) is 11.8 Å².